The number of aliphatic hydroxyl groups excluding tert-OH is 1. The van der Waals surface area contributed by atoms with Crippen LogP contribution in [0, 0.1) is 0 Å². The van der Waals surface area contributed by atoms with Gasteiger partial charge in [-0.25, -0.2) is 0 Å². The first-order valence-corrected chi connectivity index (χ1v) is 9.26. The maximum atomic E-state index is 10.2. The lowest BCUT2D eigenvalue weighted by atomic mass is 10.2. The van der Waals surface area contributed by atoms with Gasteiger partial charge in [-0.05, 0) is 42.5 Å². The van der Waals surface area contributed by atoms with Gasteiger partial charge in [0, 0.05) is 15.7 Å². The smallest absolute Gasteiger partial charge is 0.137 e. The number of aliphatic hydroxyl groups is 1. The van der Waals surface area contributed by atoms with Gasteiger partial charge in [0.05, 0.1) is 26.2 Å². The summed E-state index contributed by atoms with van der Waals surface area (Å²) < 4.78 is 5.62. The third-order valence-corrected chi connectivity index (χ3v) is 4.91. The van der Waals surface area contributed by atoms with Crippen molar-refractivity contribution in [1.29, 1.82) is 0 Å². The molecule has 0 aromatic heterocycles. The van der Waals surface area contributed by atoms with Crippen LogP contribution in [0.5, 0.6) is 5.75 Å². The van der Waals surface area contributed by atoms with Crippen molar-refractivity contribution in [3.05, 3.63) is 58.6 Å². The zero-order valence-corrected chi connectivity index (χ0v) is 15.5. The Balaban J connectivity index is 1.41. The first kappa shape index (κ1) is 18.3. The lowest BCUT2D eigenvalue weighted by Crippen LogP contribution is -3.16. The molecule has 0 bridgehead atoms. The standard InChI is InChI=1S/C19H22Cl2N2O2/c20-15-4-6-19(7-5-15)25-14-18(24)13-22-8-10-23(11-9-22)17-3-1-2-16(21)12-17/h1-7,12,18,24H,8-11,13-14H2/p+1/t18-/m0/s1. The summed E-state index contributed by atoms with van der Waals surface area (Å²) in [6.45, 7) is 4.88. The van der Waals surface area contributed by atoms with Crippen molar-refractivity contribution >= 4 is 28.9 Å². The van der Waals surface area contributed by atoms with E-state index in [2.05, 4.69) is 11.0 Å². The number of hydrogen-bond acceptors (Lipinski definition) is 3. The molecule has 3 rings (SSSR count). The molecule has 4 nitrogen and oxygen atoms in total. The molecule has 0 spiro atoms. The van der Waals surface area contributed by atoms with E-state index in [4.69, 9.17) is 27.9 Å². The number of hydrogen-bond donors (Lipinski definition) is 2. The molecule has 1 saturated heterocycles. The van der Waals surface area contributed by atoms with Crippen LogP contribution in [-0.2, 0) is 0 Å². The number of piperazine rings is 1. The van der Waals surface area contributed by atoms with Crippen molar-refractivity contribution < 1.29 is 14.7 Å². The third-order valence-electron chi connectivity index (χ3n) is 4.42. The molecule has 134 valence electrons. The van der Waals surface area contributed by atoms with Crippen LogP contribution < -0.4 is 14.5 Å². The highest BCUT2D eigenvalue weighted by Gasteiger charge is 2.23. The number of nitrogens with one attached hydrogen (secondary N) is 1. The minimum absolute atomic E-state index is 0.295. The maximum Gasteiger partial charge on any atom is 0.137 e. The normalized spacial score (nSPS) is 16.7. The summed E-state index contributed by atoms with van der Waals surface area (Å²) >= 11 is 11.9. The van der Waals surface area contributed by atoms with Gasteiger partial charge in [0.25, 0.3) is 0 Å². The van der Waals surface area contributed by atoms with E-state index in [1.54, 1.807) is 12.1 Å². The van der Waals surface area contributed by atoms with Gasteiger partial charge in [0.1, 0.15) is 25.0 Å². The summed E-state index contributed by atoms with van der Waals surface area (Å²) in [5, 5.41) is 11.7. The van der Waals surface area contributed by atoms with Crippen molar-refractivity contribution in [3.63, 3.8) is 0 Å². The Morgan fingerprint density at radius 3 is 2.44 bits per heavy atom. The predicted molar refractivity (Wildman–Crippen MR) is 102 cm³/mol. The zero-order valence-electron chi connectivity index (χ0n) is 14.0. The van der Waals surface area contributed by atoms with Gasteiger partial charge >= 0.3 is 0 Å². The molecule has 6 heteroatoms. The van der Waals surface area contributed by atoms with Gasteiger partial charge in [-0.1, -0.05) is 29.3 Å². The second-order valence-corrected chi connectivity index (χ2v) is 7.21. The average molecular weight is 382 g/mol. The first-order chi connectivity index (χ1) is 12.1. The molecule has 1 aliphatic heterocycles. The van der Waals surface area contributed by atoms with Crippen LogP contribution in [0.4, 0.5) is 5.69 Å². The maximum absolute atomic E-state index is 10.2. The van der Waals surface area contributed by atoms with Gasteiger partial charge in [0.2, 0.25) is 0 Å². The van der Waals surface area contributed by atoms with E-state index in [0.29, 0.717) is 18.2 Å². The summed E-state index contributed by atoms with van der Waals surface area (Å²) in [7, 11) is 0. The summed E-state index contributed by atoms with van der Waals surface area (Å²) in [6, 6.07) is 15.1. The van der Waals surface area contributed by atoms with Crippen LogP contribution in [0.1, 0.15) is 0 Å². The van der Waals surface area contributed by atoms with Gasteiger partial charge in [-0.3, -0.25) is 0 Å². The van der Waals surface area contributed by atoms with E-state index in [9.17, 15) is 5.11 Å². The SMILES string of the molecule is O[C@H](COc1ccc(Cl)cc1)C[NH+]1CCN(c2cccc(Cl)c2)CC1. The highest BCUT2D eigenvalue weighted by molar-refractivity contribution is 6.31. The number of halogens is 2. The number of ether oxygens (including phenoxy) is 1. The second kappa shape index (κ2) is 8.77. The fourth-order valence-electron chi connectivity index (χ4n) is 3.07. The number of anilines is 1. The Kier molecular flexibility index (Phi) is 6.43. The van der Waals surface area contributed by atoms with E-state index in [1.165, 1.54) is 4.90 Å². The van der Waals surface area contributed by atoms with Crippen LogP contribution in [0.25, 0.3) is 0 Å². The van der Waals surface area contributed by atoms with E-state index >= 15 is 0 Å². The number of benzene rings is 2. The number of nitrogens with zero attached hydrogens (tertiary/aromatic N) is 1. The average Bonchev–Trinajstić information content (AvgIpc) is 2.62. The van der Waals surface area contributed by atoms with Crippen LogP contribution in [0.15, 0.2) is 48.5 Å². The second-order valence-electron chi connectivity index (χ2n) is 6.34. The van der Waals surface area contributed by atoms with Crippen molar-refractivity contribution in [1.82, 2.24) is 0 Å². The lowest BCUT2D eigenvalue weighted by molar-refractivity contribution is -0.903. The van der Waals surface area contributed by atoms with E-state index < -0.39 is 6.10 Å². The molecule has 2 aromatic rings. The highest BCUT2D eigenvalue weighted by Crippen LogP contribution is 2.19. The monoisotopic (exact) mass is 381 g/mol. The molecule has 0 saturated carbocycles. The molecular weight excluding hydrogens is 359 g/mol. The van der Waals surface area contributed by atoms with Crippen LogP contribution >= 0.6 is 23.2 Å². The summed E-state index contributed by atoms with van der Waals surface area (Å²) in [6.07, 6.45) is -0.483. The minimum Gasteiger partial charge on any atom is -0.491 e. The van der Waals surface area contributed by atoms with Gasteiger partial charge in [0.15, 0.2) is 0 Å². The van der Waals surface area contributed by atoms with Crippen LogP contribution in [0.2, 0.25) is 10.0 Å². The molecule has 0 amide bonds. The largest absolute Gasteiger partial charge is 0.491 e. The van der Waals surface area contributed by atoms with E-state index in [0.717, 1.165) is 42.6 Å². The van der Waals surface area contributed by atoms with E-state index in [-0.39, 0.29) is 0 Å². The predicted octanol–water partition coefficient (Wildman–Crippen LogP) is 2.14. The molecule has 1 fully saturated rings. The summed E-state index contributed by atoms with van der Waals surface area (Å²) in [4.78, 5) is 3.73. The summed E-state index contributed by atoms with van der Waals surface area (Å²) in [5.41, 5.74) is 1.16. The Morgan fingerprint density at radius 2 is 1.76 bits per heavy atom. The molecule has 1 atom stereocenters. The molecule has 0 aliphatic carbocycles. The Labute approximate surface area is 158 Å². The number of quaternary nitrogens is 1. The van der Waals surface area contributed by atoms with Crippen molar-refractivity contribution in [2.24, 2.45) is 0 Å². The fourth-order valence-corrected chi connectivity index (χ4v) is 3.38. The first-order valence-electron chi connectivity index (χ1n) is 8.50. The molecular formula is C19H23Cl2N2O2+. The molecule has 2 aromatic carbocycles. The molecule has 0 radical (unpaired) electrons. The van der Waals surface area contributed by atoms with Crippen molar-refractivity contribution in [2.45, 2.75) is 6.10 Å². The Hall–Kier alpha value is -1.46. The number of rotatable bonds is 6. The molecule has 2 N–H and O–H groups in total. The topological polar surface area (TPSA) is 37.1 Å². The third kappa shape index (κ3) is 5.51. The van der Waals surface area contributed by atoms with Gasteiger partial charge < -0.3 is 19.6 Å². The molecule has 0 unspecified atom stereocenters. The lowest BCUT2D eigenvalue weighted by Gasteiger charge is -2.34. The van der Waals surface area contributed by atoms with E-state index in [1.807, 2.05) is 30.3 Å². The molecule has 1 aliphatic rings. The van der Waals surface area contributed by atoms with Crippen molar-refractivity contribution in [3.8, 4) is 5.75 Å². The quantitative estimate of drug-likeness (QED) is 0.804. The van der Waals surface area contributed by atoms with Gasteiger partial charge in [-0.2, -0.15) is 0 Å². The van der Waals surface area contributed by atoms with Gasteiger partial charge in [-0.15, -0.1) is 0 Å². The van der Waals surface area contributed by atoms with Crippen LogP contribution in [0.3, 0.4) is 0 Å². The minimum atomic E-state index is -0.483. The van der Waals surface area contributed by atoms with Crippen molar-refractivity contribution in [2.75, 3.05) is 44.2 Å². The highest BCUT2D eigenvalue weighted by atomic mass is 35.5. The Bertz CT molecular complexity index is 673. The zero-order chi connectivity index (χ0) is 17.6. The fraction of sp³-hybridized carbons (Fsp3) is 0.368. The summed E-state index contributed by atoms with van der Waals surface area (Å²) in [5.74, 6) is 0.726. The molecule has 1 heterocycles. The Morgan fingerprint density at radius 1 is 1.04 bits per heavy atom. The molecule has 25 heavy (non-hydrogen) atoms. The van der Waals surface area contributed by atoms with Crippen LogP contribution in [-0.4, -0.2) is 50.5 Å².